The van der Waals surface area contributed by atoms with Gasteiger partial charge in [-0.25, -0.2) is 0 Å². The van der Waals surface area contributed by atoms with Gasteiger partial charge in [0, 0.05) is 5.56 Å². The van der Waals surface area contributed by atoms with Gasteiger partial charge in [-0.1, -0.05) is 18.7 Å². The van der Waals surface area contributed by atoms with Crippen molar-refractivity contribution in [3.8, 4) is 11.5 Å². The Labute approximate surface area is 96.3 Å². The lowest BCUT2D eigenvalue weighted by Gasteiger charge is -2.14. The van der Waals surface area contributed by atoms with Crippen LogP contribution in [0.4, 0.5) is 0 Å². The highest BCUT2D eigenvalue weighted by Gasteiger charge is 2.10. The summed E-state index contributed by atoms with van der Waals surface area (Å²) in [5.74, 6) is 1.27. The van der Waals surface area contributed by atoms with Crippen LogP contribution in [0.25, 0.3) is 0 Å². The molecule has 0 radical (unpaired) electrons. The monoisotopic (exact) mass is 222 g/mol. The van der Waals surface area contributed by atoms with Crippen LogP contribution in [-0.4, -0.2) is 18.3 Å². The highest BCUT2D eigenvalue weighted by molar-refractivity contribution is 5.46. The predicted octanol–water partition coefficient (Wildman–Crippen LogP) is 2.53. The molecule has 3 nitrogen and oxygen atoms in total. The van der Waals surface area contributed by atoms with Crippen molar-refractivity contribution in [1.82, 2.24) is 0 Å². The van der Waals surface area contributed by atoms with Crippen molar-refractivity contribution in [2.24, 2.45) is 0 Å². The fourth-order valence-electron chi connectivity index (χ4n) is 1.31. The van der Waals surface area contributed by atoms with E-state index in [1.807, 2.05) is 32.0 Å². The van der Waals surface area contributed by atoms with E-state index in [1.165, 1.54) is 0 Å². The van der Waals surface area contributed by atoms with Gasteiger partial charge in [0.2, 0.25) is 0 Å². The molecule has 1 aromatic rings. The van der Waals surface area contributed by atoms with Crippen LogP contribution >= 0.6 is 0 Å². The third kappa shape index (κ3) is 3.28. The Morgan fingerprint density at radius 3 is 2.69 bits per heavy atom. The van der Waals surface area contributed by atoms with Gasteiger partial charge in [0.05, 0.1) is 13.2 Å². The molecule has 88 valence electrons. The zero-order valence-electron chi connectivity index (χ0n) is 9.82. The van der Waals surface area contributed by atoms with Crippen molar-refractivity contribution in [1.29, 1.82) is 0 Å². The van der Waals surface area contributed by atoms with Crippen LogP contribution in [0.3, 0.4) is 0 Å². The molecule has 1 aromatic carbocycles. The summed E-state index contributed by atoms with van der Waals surface area (Å²) in [6.07, 6.45) is 0. The van der Waals surface area contributed by atoms with E-state index >= 15 is 0 Å². The van der Waals surface area contributed by atoms with Gasteiger partial charge in [-0.15, -0.1) is 0 Å². The number of aliphatic hydroxyl groups excluding tert-OH is 1. The number of ether oxygens (including phenoxy) is 2. The van der Waals surface area contributed by atoms with Gasteiger partial charge in [0.25, 0.3) is 0 Å². The molecule has 1 N–H and O–H groups in total. The largest absolute Gasteiger partial charge is 0.490 e. The molecular formula is C13H18O3. The van der Waals surface area contributed by atoms with Gasteiger partial charge in [-0.05, 0) is 25.5 Å². The SMILES string of the molecule is C=C(C)COc1c(CO)cccc1OCC. The first-order valence-electron chi connectivity index (χ1n) is 5.31. The number of rotatable bonds is 6. The maximum absolute atomic E-state index is 9.22. The fourth-order valence-corrected chi connectivity index (χ4v) is 1.31. The summed E-state index contributed by atoms with van der Waals surface area (Å²) in [5, 5.41) is 9.22. The molecule has 3 heteroatoms. The van der Waals surface area contributed by atoms with Gasteiger partial charge in [-0.3, -0.25) is 0 Å². The maximum Gasteiger partial charge on any atom is 0.167 e. The minimum atomic E-state index is -0.0631. The zero-order valence-corrected chi connectivity index (χ0v) is 9.82. The van der Waals surface area contributed by atoms with Crippen molar-refractivity contribution in [3.63, 3.8) is 0 Å². The average molecular weight is 222 g/mol. The van der Waals surface area contributed by atoms with Gasteiger partial charge in [0.15, 0.2) is 11.5 Å². The summed E-state index contributed by atoms with van der Waals surface area (Å²) in [6.45, 7) is 8.51. The molecule has 0 spiro atoms. The van der Waals surface area contributed by atoms with Crippen LogP contribution in [0.15, 0.2) is 30.4 Å². The third-order valence-corrected chi connectivity index (χ3v) is 1.99. The number of hydrogen-bond acceptors (Lipinski definition) is 3. The normalized spacial score (nSPS) is 9.94. The third-order valence-electron chi connectivity index (χ3n) is 1.99. The van der Waals surface area contributed by atoms with Gasteiger partial charge < -0.3 is 14.6 Å². The van der Waals surface area contributed by atoms with Crippen LogP contribution in [0.1, 0.15) is 19.4 Å². The van der Waals surface area contributed by atoms with E-state index in [9.17, 15) is 5.11 Å². The topological polar surface area (TPSA) is 38.7 Å². The smallest absolute Gasteiger partial charge is 0.167 e. The van der Waals surface area contributed by atoms with Crippen molar-refractivity contribution < 1.29 is 14.6 Å². The van der Waals surface area contributed by atoms with Crippen LogP contribution in [0.2, 0.25) is 0 Å². The highest BCUT2D eigenvalue weighted by Crippen LogP contribution is 2.31. The Hall–Kier alpha value is -1.48. The summed E-state index contributed by atoms with van der Waals surface area (Å²) in [6, 6.07) is 5.48. The maximum atomic E-state index is 9.22. The first-order valence-corrected chi connectivity index (χ1v) is 5.31. The Morgan fingerprint density at radius 1 is 1.38 bits per heavy atom. The highest BCUT2D eigenvalue weighted by atomic mass is 16.5. The Bertz CT molecular complexity index is 358. The molecule has 0 heterocycles. The fraction of sp³-hybridized carbons (Fsp3) is 0.385. The first kappa shape index (κ1) is 12.6. The number of aliphatic hydroxyl groups is 1. The first-order chi connectivity index (χ1) is 7.69. The Morgan fingerprint density at radius 2 is 2.12 bits per heavy atom. The molecule has 0 aromatic heterocycles. The van der Waals surface area contributed by atoms with E-state index in [0.29, 0.717) is 24.7 Å². The molecule has 0 unspecified atom stereocenters. The van der Waals surface area contributed by atoms with Gasteiger partial charge in [0.1, 0.15) is 6.61 Å². The molecule has 0 saturated heterocycles. The Balaban J connectivity index is 2.94. The molecular weight excluding hydrogens is 204 g/mol. The quantitative estimate of drug-likeness (QED) is 0.752. The second-order valence-corrected chi connectivity index (χ2v) is 3.58. The number of benzene rings is 1. The van der Waals surface area contributed by atoms with Gasteiger partial charge >= 0.3 is 0 Å². The van der Waals surface area contributed by atoms with Crippen molar-refractivity contribution >= 4 is 0 Å². The Kier molecular flexibility index (Phi) is 4.86. The molecule has 0 atom stereocenters. The van der Waals surface area contributed by atoms with E-state index in [0.717, 1.165) is 11.1 Å². The van der Waals surface area contributed by atoms with Gasteiger partial charge in [-0.2, -0.15) is 0 Å². The molecule has 0 aliphatic heterocycles. The summed E-state index contributed by atoms with van der Waals surface area (Å²) in [5.41, 5.74) is 1.65. The van der Waals surface area contributed by atoms with Crippen LogP contribution < -0.4 is 9.47 Å². The number of para-hydroxylation sites is 1. The van der Waals surface area contributed by atoms with E-state index in [4.69, 9.17) is 9.47 Å². The van der Waals surface area contributed by atoms with Crippen molar-refractivity contribution in [2.45, 2.75) is 20.5 Å². The van der Waals surface area contributed by atoms with Crippen LogP contribution in [0, 0.1) is 0 Å². The molecule has 1 rings (SSSR count). The van der Waals surface area contributed by atoms with E-state index < -0.39 is 0 Å². The lowest BCUT2D eigenvalue weighted by atomic mass is 10.2. The molecule has 0 amide bonds. The number of hydrogen-bond donors (Lipinski definition) is 1. The van der Waals surface area contributed by atoms with Crippen LogP contribution in [-0.2, 0) is 6.61 Å². The summed E-state index contributed by atoms with van der Waals surface area (Å²) in [7, 11) is 0. The molecule has 0 aliphatic rings. The van der Waals surface area contributed by atoms with Crippen molar-refractivity contribution in [3.05, 3.63) is 35.9 Å². The minimum Gasteiger partial charge on any atom is -0.490 e. The average Bonchev–Trinajstić information content (AvgIpc) is 2.27. The zero-order chi connectivity index (χ0) is 12.0. The molecule has 0 saturated carbocycles. The van der Waals surface area contributed by atoms with Crippen LogP contribution in [0.5, 0.6) is 11.5 Å². The van der Waals surface area contributed by atoms with E-state index in [2.05, 4.69) is 6.58 Å². The lowest BCUT2D eigenvalue weighted by molar-refractivity contribution is 0.257. The minimum absolute atomic E-state index is 0.0631. The van der Waals surface area contributed by atoms with E-state index in [1.54, 1.807) is 0 Å². The lowest BCUT2D eigenvalue weighted by Crippen LogP contribution is -2.04. The molecule has 0 bridgehead atoms. The second-order valence-electron chi connectivity index (χ2n) is 3.58. The summed E-state index contributed by atoms with van der Waals surface area (Å²) < 4.78 is 11.0. The van der Waals surface area contributed by atoms with E-state index in [-0.39, 0.29) is 6.61 Å². The standard InChI is InChI=1S/C13H18O3/c1-4-15-12-7-5-6-11(8-14)13(12)16-9-10(2)3/h5-7,14H,2,4,8-9H2,1,3H3. The van der Waals surface area contributed by atoms with Crippen molar-refractivity contribution in [2.75, 3.05) is 13.2 Å². The summed E-state index contributed by atoms with van der Waals surface area (Å²) in [4.78, 5) is 0. The molecule has 0 aliphatic carbocycles. The molecule has 16 heavy (non-hydrogen) atoms. The predicted molar refractivity (Wildman–Crippen MR) is 63.8 cm³/mol. The summed E-state index contributed by atoms with van der Waals surface area (Å²) >= 11 is 0. The molecule has 0 fully saturated rings. The second kappa shape index (κ2) is 6.18.